The molecule has 0 saturated carbocycles. The van der Waals surface area contributed by atoms with Crippen LogP contribution in [0, 0.1) is 6.92 Å². The molecular weight excluding hydrogens is 268 g/mol. The number of hydrogen-bond donors (Lipinski definition) is 2. The average molecular weight is 290 g/mol. The fraction of sp³-hybridized carbons (Fsp3) is 0.500. The van der Waals surface area contributed by atoms with Gasteiger partial charge in [-0.1, -0.05) is 6.07 Å². The first-order valence-electron chi connectivity index (χ1n) is 7.44. The highest BCUT2D eigenvalue weighted by Crippen LogP contribution is 2.19. The van der Waals surface area contributed by atoms with Crippen molar-refractivity contribution in [3.8, 4) is 5.75 Å². The highest BCUT2D eigenvalue weighted by molar-refractivity contribution is 5.96. The second-order valence-corrected chi connectivity index (χ2v) is 5.40. The lowest BCUT2D eigenvalue weighted by molar-refractivity contribution is -0.131. The molecule has 1 heterocycles. The van der Waals surface area contributed by atoms with Crippen LogP contribution in [0.4, 0.5) is 0 Å². The van der Waals surface area contributed by atoms with Crippen molar-refractivity contribution in [2.24, 2.45) is 0 Å². The molecule has 0 aromatic heterocycles. The number of carbonyl (C=O) groups is 2. The van der Waals surface area contributed by atoms with E-state index in [2.05, 4.69) is 5.32 Å². The standard InChI is InChI=1S/C16H22N2O3/c1-12-13(6-5-7-14(12)19)16(21)17-9-8-15(20)18-10-3-2-4-11-18/h5-7,19H,2-4,8-11H2,1H3,(H,17,21). The van der Waals surface area contributed by atoms with Crippen molar-refractivity contribution in [1.29, 1.82) is 0 Å². The van der Waals surface area contributed by atoms with Gasteiger partial charge in [-0.3, -0.25) is 9.59 Å². The maximum absolute atomic E-state index is 12.0. The monoisotopic (exact) mass is 290 g/mol. The maximum atomic E-state index is 12.0. The number of nitrogens with one attached hydrogen (secondary N) is 1. The summed E-state index contributed by atoms with van der Waals surface area (Å²) in [5, 5.41) is 12.3. The molecule has 2 amide bonds. The van der Waals surface area contributed by atoms with Crippen molar-refractivity contribution in [2.75, 3.05) is 19.6 Å². The van der Waals surface area contributed by atoms with Crippen molar-refractivity contribution in [3.05, 3.63) is 29.3 Å². The molecule has 1 aromatic rings. The van der Waals surface area contributed by atoms with E-state index in [1.54, 1.807) is 25.1 Å². The van der Waals surface area contributed by atoms with Crippen LogP contribution in [0.3, 0.4) is 0 Å². The van der Waals surface area contributed by atoms with Gasteiger partial charge < -0.3 is 15.3 Å². The molecule has 0 aliphatic carbocycles. The van der Waals surface area contributed by atoms with E-state index in [0.717, 1.165) is 25.9 Å². The van der Waals surface area contributed by atoms with Crippen LogP contribution in [0.2, 0.25) is 0 Å². The van der Waals surface area contributed by atoms with Gasteiger partial charge in [-0.05, 0) is 38.3 Å². The predicted molar refractivity (Wildman–Crippen MR) is 80.2 cm³/mol. The lowest BCUT2D eigenvalue weighted by Crippen LogP contribution is -2.37. The van der Waals surface area contributed by atoms with Crippen LogP contribution in [0.25, 0.3) is 0 Å². The summed E-state index contributed by atoms with van der Waals surface area (Å²) in [5.41, 5.74) is 0.998. The Hall–Kier alpha value is -2.04. The molecule has 1 fully saturated rings. The lowest BCUT2D eigenvalue weighted by Gasteiger charge is -2.26. The summed E-state index contributed by atoms with van der Waals surface area (Å²) in [6.45, 7) is 3.68. The summed E-state index contributed by atoms with van der Waals surface area (Å²) in [5.74, 6) is -0.0514. The van der Waals surface area contributed by atoms with Crippen molar-refractivity contribution in [1.82, 2.24) is 10.2 Å². The quantitative estimate of drug-likeness (QED) is 0.889. The number of carbonyl (C=O) groups excluding carboxylic acids is 2. The van der Waals surface area contributed by atoms with Crippen LogP contribution in [0.5, 0.6) is 5.75 Å². The minimum Gasteiger partial charge on any atom is -0.508 e. The van der Waals surface area contributed by atoms with Crippen LogP contribution in [0.1, 0.15) is 41.6 Å². The van der Waals surface area contributed by atoms with E-state index in [-0.39, 0.29) is 17.6 Å². The Bertz CT molecular complexity index is 522. The van der Waals surface area contributed by atoms with E-state index >= 15 is 0 Å². The fourth-order valence-electron chi connectivity index (χ4n) is 2.55. The molecule has 1 aliphatic heterocycles. The van der Waals surface area contributed by atoms with E-state index in [9.17, 15) is 14.7 Å². The van der Waals surface area contributed by atoms with Gasteiger partial charge in [0, 0.05) is 37.2 Å². The summed E-state index contributed by atoms with van der Waals surface area (Å²) < 4.78 is 0. The number of rotatable bonds is 4. The van der Waals surface area contributed by atoms with Crippen LogP contribution < -0.4 is 5.32 Å². The van der Waals surface area contributed by atoms with Crippen LogP contribution in [-0.4, -0.2) is 41.5 Å². The van der Waals surface area contributed by atoms with Gasteiger partial charge in [-0.15, -0.1) is 0 Å². The molecule has 21 heavy (non-hydrogen) atoms. The van der Waals surface area contributed by atoms with Crippen molar-refractivity contribution >= 4 is 11.8 Å². The maximum Gasteiger partial charge on any atom is 0.251 e. The van der Waals surface area contributed by atoms with Gasteiger partial charge in [0.1, 0.15) is 5.75 Å². The number of amides is 2. The third-order valence-electron chi connectivity index (χ3n) is 3.88. The first-order valence-corrected chi connectivity index (χ1v) is 7.44. The number of phenolic OH excluding ortho intramolecular Hbond substituents is 1. The van der Waals surface area contributed by atoms with Crippen LogP contribution in [-0.2, 0) is 4.79 Å². The van der Waals surface area contributed by atoms with Crippen molar-refractivity contribution < 1.29 is 14.7 Å². The van der Waals surface area contributed by atoms with E-state index < -0.39 is 0 Å². The molecule has 1 saturated heterocycles. The molecule has 0 bridgehead atoms. The first-order chi connectivity index (χ1) is 10.1. The van der Waals surface area contributed by atoms with Crippen LogP contribution >= 0.6 is 0 Å². The summed E-state index contributed by atoms with van der Waals surface area (Å²) in [7, 11) is 0. The molecule has 0 unspecified atom stereocenters. The highest BCUT2D eigenvalue weighted by Gasteiger charge is 2.17. The van der Waals surface area contributed by atoms with Crippen LogP contribution in [0.15, 0.2) is 18.2 Å². The summed E-state index contributed by atoms with van der Waals surface area (Å²) in [6, 6.07) is 4.85. The first kappa shape index (κ1) is 15.4. The number of hydrogen-bond acceptors (Lipinski definition) is 3. The second-order valence-electron chi connectivity index (χ2n) is 5.40. The molecule has 0 spiro atoms. The van der Waals surface area contributed by atoms with Gasteiger partial charge in [0.05, 0.1) is 0 Å². The molecule has 0 atom stereocenters. The molecule has 5 nitrogen and oxygen atoms in total. The Morgan fingerprint density at radius 2 is 1.95 bits per heavy atom. The third kappa shape index (κ3) is 3.97. The fourth-order valence-corrected chi connectivity index (χ4v) is 2.55. The normalized spacial score (nSPS) is 14.8. The largest absolute Gasteiger partial charge is 0.508 e. The average Bonchev–Trinajstić information content (AvgIpc) is 2.50. The van der Waals surface area contributed by atoms with Crippen molar-refractivity contribution in [2.45, 2.75) is 32.6 Å². The lowest BCUT2D eigenvalue weighted by atomic mass is 10.1. The molecule has 5 heteroatoms. The minimum atomic E-state index is -0.255. The van der Waals surface area contributed by atoms with Gasteiger partial charge >= 0.3 is 0 Å². The minimum absolute atomic E-state index is 0.0997. The van der Waals surface area contributed by atoms with E-state index in [4.69, 9.17) is 0 Å². The molecule has 114 valence electrons. The number of piperidine rings is 1. The van der Waals surface area contributed by atoms with Gasteiger partial charge in [0.15, 0.2) is 0 Å². The number of benzene rings is 1. The molecule has 2 rings (SSSR count). The second kappa shape index (κ2) is 7.11. The number of phenols is 1. The van der Waals surface area contributed by atoms with E-state index in [1.807, 2.05) is 4.90 Å². The molecule has 1 aliphatic rings. The zero-order valence-corrected chi connectivity index (χ0v) is 12.4. The zero-order valence-electron chi connectivity index (χ0n) is 12.4. The number of nitrogens with zero attached hydrogens (tertiary/aromatic N) is 1. The predicted octanol–water partition coefficient (Wildman–Crippen LogP) is 1.83. The molecular formula is C16H22N2O3. The molecule has 1 aromatic carbocycles. The number of likely N-dealkylation sites (tertiary alicyclic amines) is 1. The Labute approximate surface area is 125 Å². The van der Waals surface area contributed by atoms with Gasteiger partial charge in [-0.2, -0.15) is 0 Å². The Morgan fingerprint density at radius 3 is 2.67 bits per heavy atom. The van der Waals surface area contributed by atoms with E-state index in [1.165, 1.54) is 6.42 Å². The summed E-state index contributed by atoms with van der Waals surface area (Å²) in [4.78, 5) is 25.9. The smallest absolute Gasteiger partial charge is 0.251 e. The Kier molecular flexibility index (Phi) is 5.20. The molecule has 2 N–H and O–H groups in total. The van der Waals surface area contributed by atoms with Gasteiger partial charge in [0.25, 0.3) is 5.91 Å². The Morgan fingerprint density at radius 1 is 1.24 bits per heavy atom. The number of aromatic hydroxyl groups is 1. The topological polar surface area (TPSA) is 69.6 Å². The molecule has 0 radical (unpaired) electrons. The highest BCUT2D eigenvalue weighted by atomic mass is 16.3. The van der Waals surface area contributed by atoms with Gasteiger partial charge in [-0.25, -0.2) is 0 Å². The summed E-state index contributed by atoms with van der Waals surface area (Å²) in [6.07, 6.45) is 3.65. The SMILES string of the molecule is Cc1c(O)cccc1C(=O)NCCC(=O)N1CCCCC1. The Balaban J connectivity index is 1.81. The summed E-state index contributed by atoms with van der Waals surface area (Å²) >= 11 is 0. The van der Waals surface area contributed by atoms with Gasteiger partial charge in [0.2, 0.25) is 5.91 Å². The van der Waals surface area contributed by atoms with E-state index in [0.29, 0.717) is 24.1 Å². The van der Waals surface area contributed by atoms with Crippen molar-refractivity contribution in [3.63, 3.8) is 0 Å². The zero-order chi connectivity index (χ0) is 15.2. The third-order valence-corrected chi connectivity index (χ3v) is 3.88.